The third-order valence-electron chi connectivity index (χ3n) is 3.92. The number of rotatable bonds is 6. The van der Waals surface area contributed by atoms with Crippen molar-refractivity contribution in [1.29, 1.82) is 0 Å². The first-order valence-electron chi connectivity index (χ1n) is 8.17. The van der Waals surface area contributed by atoms with E-state index >= 15 is 0 Å². The van der Waals surface area contributed by atoms with Gasteiger partial charge in [0.05, 0.1) is 11.9 Å². The molecule has 2 heterocycles. The molecule has 0 saturated carbocycles. The van der Waals surface area contributed by atoms with Crippen LogP contribution in [0.1, 0.15) is 23.9 Å². The number of nitrogens with one attached hydrogen (secondary N) is 2. The lowest BCUT2D eigenvalue weighted by atomic mass is 10.1. The van der Waals surface area contributed by atoms with Gasteiger partial charge >= 0.3 is 0 Å². The molecule has 7 nitrogen and oxygen atoms in total. The third kappa shape index (κ3) is 3.70. The maximum Gasteiger partial charge on any atom is 0.268 e. The second-order valence-electron chi connectivity index (χ2n) is 5.83. The van der Waals surface area contributed by atoms with E-state index < -0.39 is 10.0 Å². The van der Waals surface area contributed by atoms with Gasteiger partial charge in [-0.05, 0) is 44.0 Å². The Bertz CT molecular complexity index is 992. The van der Waals surface area contributed by atoms with Crippen LogP contribution in [-0.2, 0) is 16.4 Å². The molecular weight excluding hydrogens is 352 g/mol. The second-order valence-corrected chi connectivity index (χ2v) is 7.45. The molecule has 8 heteroatoms. The maximum absolute atomic E-state index is 12.5. The molecule has 0 radical (unpaired) electrons. The first-order valence-corrected chi connectivity index (χ1v) is 9.65. The highest BCUT2D eigenvalue weighted by atomic mass is 32.2. The minimum atomic E-state index is -3.80. The van der Waals surface area contributed by atoms with Crippen molar-refractivity contribution < 1.29 is 12.9 Å². The minimum absolute atomic E-state index is 0.0402. The van der Waals surface area contributed by atoms with Crippen molar-refractivity contribution in [2.75, 3.05) is 10.0 Å². The average molecular weight is 372 g/mol. The fourth-order valence-electron chi connectivity index (χ4n) is 2.68. The summed E-state index contributed by atoms with van der Waals surface area (Å²) in [6, 6.07) is 11.4. The van der Waals surface area contributed by atoms with Gasteiger partial charge in [-0.2, -0.15) is 0 Å². The molecule has 0 aliphatic heterocycles. The van der Waals surface area contributed by atoms with Crippen molar-refractivity contribution >= 4 is 27.2 Å². The molecule has 2 aromatic heterocycles. The molecule has 0 atom stereocenters. The summed E-state index contributed by atoms with van der Waals surface area (Å²) in [5.74, 6) is 0.462. The van der Waals surface area contributed by atoms with Crippen molar-refractivity contribution in [2.45, 2.75) is 32.1 Å². The van der Waals surface area contributed by atoms with Crippen LogP contribution < -0.4 is 10.0 Å². The lowest BCUT2D eigenvalue weighted by Gasteiger charge is -2.11. The highest BCUT2D eigenvalue weighted by Gasteiger charge is 2.24. The lowest BCUT2D eigenvalue weighted by molar-refractivity contribution is 0.390. The van der Waals surface area contributed by atoms with Gasteiger partial charge in [0.1, 0.15) is 11.5 Å². The van der Waals surface area contributed by atoms with E-state index in [1.54, 1.807) is 32.2 Å². The molecular formula is C18H20N4O3S. The fourth-order valence-corrected chi connectivity index (χ4v) is 4.02. The molecule has 0 spiro atoms. The van der Waals surface area contributed by atoms with Crippen molar-refractivity contribution in [2.24, 2.45) is 0 Å². The van der Waals surface area contributed by atoms with Crippen LogP contribution in [0.5, 0.6) is 0 Å². The summed E-state index contributed by atoms with van der Waals surface area (Å²) in [4.78, 5) is 4.22. The van der Waals surface area contributed by atoms with E-state index in [1.165, 1.54) is 5.56 Å². The van der Waals surface area contributed by atoms with Crippen LogP contribution >= 0.6 is 0 Å². The Morgan fingerprint density at radius 2 is 1.88 bits per heavy atom. The molecule has 26 heavy (non-hydrogen) atoms. The van der Waals surface area contributed by atoms with Crippen molar-refractivity contribution in [3.63, 3.8) is 0 Å². The van der Waals surface area contributed by atoms with Crippen LogP contribution in [0.4, 0.5) is 17.2 Å². The third-order valence-corrected chi connectivity index (χ3v) is 5.51. The lowest BCUT2D eigenvalue weighted by Crippen LogP contribution is -2.15. The zero-order valence-corrected chi connectivity index (χ0v) is 15.6. The standard InChI is InChI=1S/C18H20N4O3S/c1-4-14-7-5-6-8-16(14)20-15-9-10-17(19-11-15)22-26(23,24)18-12(2)21-25-13(18)3/h5-11,20H,4H2,1-3H3,(H,19,22). The summed E-state index contributed by atoms with van der Waals surface area (Å²) in [6.45, 7) is 5.22. The Morgan fingerprint density at radius 1 is 1.12 bits per heavy atom. The zero-order chi connectivity index (χ0) is 18.7. The number of pyridine rings is 1. The Labute approximate surface area is 152 Å². The van der Waals surface area contributed by atoms with E-state index in [0.29, 0.717) is 5.69 Å². The van der Waals surface area contributed by atoms with Gasteiger partial charge in [-0.3, -0.25) is 4.72 Å². The first-order chi connectivity index (χ1) is 12.4. The number of para-hydroxylation sites is 1. The van der Waals surface area contributed by atoms with E-state index in [2.05, 4.69) is 33.2 Å². The SMILES string of the molecule is CCc1ccccc1Nc1ccc(NS(=O)(=O)c2c(C)noc2C)nc1. The summed E-state index contributed by atoms with van der Waals surface area (Å²) in [6.07, 6.45) is 2.49. The number of hydrogen-bond acceptors (Lipinski definition) is 6. The van der Waals surface area contributed by atoms with Gasteiger partial charge in [-0.1, -0.05) is 30.3 Å². The summed E-state index contributed by atoms with van der Waals surface area (Å²) in [7, 11) is -3.80. The van der Waals surface area contributed by atoms with E-state index in [9.17, 15) is 8.42 Å². The molecule has 1 aromatic carbocycles. The predicted octanol–water partition coefficient (Wildman–Crippen LogP) is 3.79. The Morgan fingerprint density at radius 3 is 2.50 bits per heavy atom. The van der Waals surface area contributed by atoms with Gasteiger partial charge in [-0.25, -0.2) is 13.4 Å². The monoisotopic (exact) mass is 372 g/mol. The summed E-state index contributed by atoms with van der Waals surface area (Å²) in [5, 5.41) is 6.97. The Hall–Kier alpha value is -2.87. The first kappa shape index (κ1) is 17.9. The topological polar surface area (TPSA) is 97.1 Å². The van der Waals surface area contributed by atoms with Crippen molar-refractivity contribution in [1.82, 2.24) is 10.1 Å². The van der Waals surface area contributed by atoms with Gasteiger partial charge in [-0.15, -0.1) is 0 Å². The summed E-state index contributed by atoms with van der Waals surface area (Å²) >= 11 is 0. The average Bonchev–Trinajstić information content (AvgIpc) is 2.96. The molecule has 0 bridgehead atoms. The molecule has 0 saturated heterocycles. The van der Waals surface area contributed by atoms with Gasteiger partial charge in [0.15, 0.2) is 10.7 Å². The fraction of sp³-hybridized carbons (Fsp3) is 0.222. The van der Waals surface area contributed by atoms with E-state index in [-0.39, 0.29) is 16.5 Å². The molecule has 0 amide bonds. The van der Waals surface area contributed by atoms with Crippen LogP contribution in [0, 0.1) is 13.8 Å². The highest BCUT2D eigenvalue weighted by molar-refractivity contribution is 7.92. The number of aromatic nitrogens is 2. The molecule has 0 unspecified atom stereocenters. The molecule has 0 aliphatic rings. The van der Waals surface area contributed by atoms with Gasteiger partial charge in [0, 0.05) is 5.69 Å². The normalized spacial score (nSPS) is 11.3. The van der Waals surface area contributed by atoms with Crippen LogP contribution in [0.2, 0.25) is 0 Å². The van der Waals surface area contributed by atoms with Crippen LogP contribution in [0.25, 0.3) is 0 Å². The highest BCUT2D eigenvalue weighted by Crippen LogP contribution is 2.24. The van der Waals surface area contributed by atoms with Crippen molar-refractivity contribution in [3.8, 4) is 0 Å². The van der Waals surface area contributed by atoms with E-state index in [1.807, 2.05) is 18.2 Å². The number of nitrogens with zero attached hydrogens (tertiary/aromatic N) is 2. The van der Waals surface area contributed by atoms with Gasteiger partial charge in [0.25, 0.3) is 10.0 Å². The number of anilines is 3. The van der Waals surface area contributed by atoms with E-state index in [4.69, 9.17) is 4.52 Å². The quantitative estimate of drug-likeness (QED) is 0.683. The number of aryl methyl sites for hydroxylation is 3. The molecule has 3 aromatic rings. The Balaban J connectivity index is 1.78. The van der Waals surface area contributed by atoms with Gasteiger partial charge < -0.3 is 9.84 Å². The van der Waals surface area contributed by atoms with Crippen LogP contribution in [-0.4, -0.2) is 18.6 Å². The maximum atomic E-state index is 12.5. The van der Waals surface area contributed by atoms with Gasteiger partial charge in [0.2, 0.25) is 0 Å². The van der Waals surface area contributed by atoms with Crippen LogP contribution in [0.3, 0.4) is 0 Å². The smallest absolute Gasteiger partial charge is 0.268 e. The Kier molecular flexibility index (Phi) is 4.94. The second kappa shape index (κ2) is 7.17. The zero-order valence-electron chi connectivity index (χ0n) is 14.8. The molecule has 136 valence electrons. The predicted molar refractivity (Wildman–Crippen MR) is 100 cm³/mol. The molecule has 3 rings (SSSR count). The molecule has 0 aliphatic carbocycles. The van der Waals surface area contributed by atoms with Crippen molar-refractivity contribution in [3.05, 3.63) is 59.6 Å². The number of benzene rings is 1. The minimum Gasteiger partial charge on any atom is -0.360 e. The largest absolute Gasteiger partial charge is 0.360 e. The number of sulfonamides is 1. The molecule has 2 N–H and O–H groups in total. The molecule has 0 fully saturated rings. The summed E-state index contributed by atoms with van der Waals surface area (Å²) in [5.41, 5.74) is 3.27. The number of hydrogen-bond donors (Lipinski definition) is 2. The summed E-state index contributed by atoms with van der Waals surface area (Å²) < 4.78 is 32.4. The van der Waals surface area contributed by atoms with E-state index in [0.717, 1.165) is 17.8 Å². The van der Waals surface area contributed by atoms with Crippen LogP contribution in [0.15, 0.2) is 52.0 Å².